The van der Waals surface area contributed by atoms with E-state index in [1.807, 2.05) is 0 Å². The number of aliphatic hydroxyl groups is 1. The van der Waals surface area contributed by atoms with E-state index in [0.29, 0.717) is 25.0 Å². The summed E-state index contributed by atoms with van der Waals surface area (Å²) in [5.41, 5.74) is -7.31. The normalized spacial score (nSPS) is 17.5. The zero-order chi connectivity index (χ0) is 23.8. The third-order valence-corrected chi connectivity index (χ3v) is 5.26. The summed E-state index contributed by atoms with van der Waals surface area (Å²) in [5, 5.41) is 9.34. The lowest BCUT2D eigenvalue weighted by atomic mass is 9.92. The Morgan fingerprint density at radius 2 is 1.48 bits per heavy atom. The standard InChI is InChI=1S/C19H22F6N2O4/c1-16(2)14(28)27(15(29)26(16)3)10-4-5-11-31-13-8-6-12(7-9-13)17(30,18(20,21)22)19(23,24)25/h6-9,30H,4-5,10-11H2,1-3H3. The molecule has 0 saturated carbocycles. The number of imide groups is 1. The molecular formula is C19H22F6N2O4. The molecule has 3 amide bonds. The van der Waals surface area contributed by atoms with Gasteiger partial charge in [0.15, 0.2) is 0 Å². The summed E-state index contributed by atoms with van der Waals surface area (Å²) in [7, 11) is 1.52. The van der Waals surface area contributed by atoms with Crippen LogP contribution in [-0.4, -0.2) is 64.9 Å². The number of alkyl halides is 6. The Morgan fingerprint density at radius 3 is 1.90 bits per heavy atom. The number of benzene rings is 1. The van der Waals surface area contributed by atoms with Gasteiger partial charge in [0.2, 0.25) is 0 Å². The fourth-order valence-corrected chi connectivity index (χ4v) is 3.02. The van der Waals surface area contributed by atoms with E-state index in [1.54, 1.807) is 13.8 Å². The van der Waals surface area contributed by atoms with E-state index < -0.39 is 35.1 Å². The van der Waals surface area contributed by atoms with E-state index >= 15 is 0 Å². The van der Waals surface area contributed by atoms with Crippen LogP contribution in [0.3, 0.4) is 0 Å². The van der Waals surface area contributed by atoms with Crippen LogP contribution in [0.15, 0.2) is 24.3 Å². The summed E-state index contributed by atoms with van der Waals surface area (Å²) in [6, 6.07) is 2.35. The maximum absolute atomic E-state index is 12.9. The minimum Gasteiger partial charge on any atom is -0.494 e. The Morgan fingerprint density at radius 1 is 0.968 bits per heavy atom. The maximum Gasteiger partial charge on any atom is 0.430 e. The first-order chi connectivity index (χ1) is 14.0. The molecule has 0 aliphatic carbocycles. The second-order valence-corrected chi connectivity index (χ2v) is 7.64. The Labute approximate surface area is 174 Å². The number of urea groups is 1. The Kier molecular flexibility index (Phi) is 6.56. The lowest BCUT2D eigenvalue weighted by molar-refractivity contribution is -0.376. The zero-order valence-corrected chi connectivity index (χ0v) is 17.0. The Bertz CT molecular complexity index is 806. The van der Waals surface area contributed by atoms with Gasteiger partial charge in [0.05, 0.1) is 6.61 Å². The van der Waals surface area contributed by atoms with E-state index in [4.69, 9.17) is 4.74 Å². The molecule has 1 heterocycles. The molecule has 31 heavy (non-hydrogen) atoms. The van der Waals surface area contributed by atoms with E-state index in [-0.39, 0.29) is 24.8 Å². The number of likely N-dealkylation sites (N-methyl/N-ethyl adjacent to an activating group) is 1. The molecule has 1 aromatic carbocycles. The van der Waals surface area contributed by atoms with Crippen molar-refractivity contribution in [2.24, 2.45) is 0 Å². The van der Waals surface area contributed by atoms with E-state index in [2.05, 4.69) is 0 Å². The third-order valence-electron chi connectivity index (χ3n) is 5.26. The van der Waals surface area contributed by atoms with Crippen LogP contribution in [-0.2, 0) is 10.4 Å². The lowest BCUT2D eigenvalue weighted by Crippen LogP contribution is -2.53. The molecule has 1 fully saturated rings. The number of carbonyl (C=O) groups excluding carboxylic acids is 2. The Hall–Kier alpha value is -2.50. The molecular weight excluding hydrogens is 434 g/mol. The molecule has 1 aliphatic heterocycles. The number of unbranched alkanes of at least 4 members (excludes halogenated alkanes) is 1. The van der Waals surface area contributed by atoms with Crippen LogP contribution in [0.5, 0.6) is 5.75 Å². The van der Waals surface area contributed by atoms with Crippen molar-refractivity contribution in [3.63, 3.8) is 0 Å². The van der Waals surface area contributed by atoms with Crippen molar-refractivity contribution in [1.82, 2.24) is 9.80 Å². The molecule has 1 aliphatic rings. The fraction of sp³-hybridized carbons (Fsp3) is 0.579. The highest BCUT2D eigenvalue weighted by molar-refractivity contribution is 6.06. The first-order valence-electron chi connectivity index (χ1n) is 9.24. The minimum absolute atomic E-state index is 0.00430. The molecule has 1 saturated heterocycles. The molecule has 0 radical (unpaired) electrons. The van der Waals surface area contributed by atoms with Crippen LogP contribution < -0.4 is 4.74 Å². The molecule has 2 rings (SSSR count). The summed E-state index contributed by atoms with van der Waals surface area (Å²) in [6.45, 7) is 3.45. The Balaban J connectivity index is 1.91. The van der Waals surface area contributed by atoms with Gasteiger partial charge in [-0.25, -0.2) is 4.79 Å². The van der Waals surface area contributed by atoms with Crippen molar-refractivity contribution in [3.05, 3.63) is 29.8 Å². The number of rotatable bonds is 7. The van der Waals surface area contributed by atoms with Crippen molar-refractivity contribution in [2.75, 3.05) is 20.2 Å². The summed E-state index contributed by atoms with van der Waals surface area (Å²) in [5.74, 6) is -0.331. The monoisotopic (exact) mass is 456 g/mol. The molecule has 0 aromatic heterocycles. The largest absolute Gasteiger partial charge is 0.494 e. The van der Waals surface area contributed by atoms with Gasteiger partial charge in [-0.05, 0) is 38.8 Å². The highest BCUT2D eigenvalue weighted by Gasteiger charge is 2.71. The van der Waals surface area contributed by atoms with Crippen LogP contribution >= 0.6 is 0 Å². The van der Waals surface area contributed by atoms with Gasteiger partial charge in [-0.15, -0.1) is 0 Å². The second-order valence-electron chi connectivity index (χ2n) is 7.64. The van der Waals surface area contributed by atoms with Gasteiger partial charge in [0.1, 0.15) is 11.3 Å². The summed E-state index contributed by atoms with van der Waals surface area (Å²) in [6.07, 6.45) is -11.2. The fourth-order valence-electron chi connectivity index (χ4n) is 3.02. The molecule has 174 valence electrons. The topological polar surface area (TPSA) is 70.1 Å². The van der Waals surface area contributed by atoms with Crippen LogP contribution in [0.2, 0.25) is 0 Å². The van der Waals surface area contributed by atoms with Gasteiger partial charge in [0.25, 0.3) is 11.5 Å². The van der Waals surface area contributed by atoms with Crippen molar-refractivity contribution in [1.29, 1.82) is 0 Å². The van der Waals surface area contributed by atoms with Crippen LogP contribution in [0.25, 0.3) is 0 Å². The predicted octanol–water partition coefficient (Wildman–Crippen LogP) is 3.83. The molecule has 1 aromatic rings. The number of ether oxygens (including phenoxy) is 1. The number of hydrogen-bond donors (Lipinski definition) is 1. The number of amides is 3. The zero-order valence-electron chi connectivity index (χ0n) is 17.0. The quantitative estimate of drug-likeness (QED) is 0.385. The number of hydrogen-bond acceptors (Lipinski definition) is 4. The third kappa shape index (κ3) is 4.43. The molecule has 0 bridgehead atoms. The van der Waals surface area contributed by atoms with Gasteiger partial charge < -0.3 is 14.7 Å². The lowest BCUT2D eigenvalue weighted by Gasteiger charge is -2.32. The number of nitrogens with zero attached hydrogens (tertiary/aromatic N) is 2. The SMILES string of the molecule is CN1C(=O)N(CCCCOc2ccc(C(O)(C(F)(F)F)C(F)(F)F)cc2)C(=O)C1(C)C. The summed E-state index contributed by atoms with van der Waals surface area (Å²) < 4.78 is 82.5. The van der Waals surface area contributed by atoms with Crippen molar-refractivity contribution >= 4 is 11.9 Å². The molecule has 6 nitrogen and oxygen atoms in total. The molecule has 12 heteroatoms. The van der Waals surface area contributed by atoms with E-state index in [1.165, 1.54) is 11.9 Å². The van der Waals surface area contributed by atoms with E-state index in [0.717, 1.165) is 17.0 Å². The second kappa shape index (κ2) is 8.21. The van der Waals surface area contributed by atoms with Gasteiger partial charge in [0, 0.05) is 19.2 Å². The number of halogens is 6. The molecule has 0 atom stereocenters. The highest BCUT2D eigenvalue weighted by Crippen LogP contribution is 2.50. The molecule has 0 spiro atoms. The average Bonchev–Trinajstić information content (AvgIpc) is 2.80. The van der Waals surface area contributed by atoms with Crippen molar-refractivity contribution < 1.29 is 45.8 Å². The van der Waals surface area contributed by atoms with Crippen molar-refractivity contribution in [2.45, 2.75) is 50.2 Å². The smallest absolute Gasteiger partial charge is 0.430 e. The van der Waals surface area contributed by atoms with Gasteiger partial charge in [-0.1, -0.05) is 12.1 Å². The summed E-state index contributed by atoms with van der Waals surface area (Å²) in [4.78, 5) is 26.8. The predicted molar refractivity (Wildman–Crippen MR) is 96.1 cm³/mol. The van der Waals surface area contributed by atoms with Crippen molar-refractivity contribution in [3.8, 4) is 5.75 Å². The average molecular weight is 456 g/mol. The van der Waals surface area contributed by atoms with Gasteiger partial charge >= 0.3 is 18.4 Å². The summed E-state index contributed by atoms with van der Waals surface area (Å²) >= 11 is 0. The first-order valence-corrected chi connectivity index (χ1v) is 9.24. The first kappa shape index (κ1) is 24.8. The van der Waals surface area contributed by atoms with Crippen LogP contribution in [0.1, 0.15) is 32.3 Å². The van der Waals surface area contributed by atoms with Crippen LogP contribution in [0.4, 0.5) is 31.1 Å². The maximum atomic E-state index is 12.9. The minimum atomic E-state index is -5.96. The number of carbonyl (C=O) groups is 2. The van der Waals surface area contributed by atoms with Crippen LogP contribution in [0, 0.1) is 0 Å². The highest BCUT2D eigenvalue weighted by atomic mass is 19.4. The molecule has 1 N–H and O–H groups in total. The van der Waals surface area contributed by atoms with Gasteiger partial charge in [-0.2, -0.15) is 26.3 Å². The van der Waals surface area contributed by atoms with E-state index in [9.17, 15) is 41.0 Å². The van der Waals surface area contributed by atoms with Gasteiger partial charge in [-0.3, -0.25) is 9.69 Å². The molecule has 0 unspecified atom stereocenters.